The summed E-state index contributed by atoms with van der Waals surface area (Å²) in [6.45, 7) is 1.84. The summed E-state index contributed by atoms with van der Waals surface area (Å²) in [5.41, 5.74) is 8.12. The van der Waals surface area contributed by atoms with Crippen LogP contribution in [0.2, 0.25) is 0 Å². The van der Waals surface area contributed by atoms with Crippen LogP contribution in [0.5, 0.6) is 5.75 Å². The van der Waals surface area contributed by atoms with Crippen LogP contribution in [0.15, 0.2) is 42.6 Å². The van der Waals surface area contributed by atoms with E-state index in [0.717, 1.165) is 11.6 Å². The van der Waals surface area contributed by atoms with Crippen LogP contribution in [0.1, 0.15) is 16.1 Å². The minimum Gasteiger partial charge on any atom is -0.505 e. The fraction of sp³-hybridized carbons (Fsp3) is 0.0625. The SMILES string of the molecule is Cc1ccc(N)cc1NC(=O)c1cn(-c2ccc(F)c(O)c2)nn1. The van der Waals surface area contributed by atoms with Gasteiger partial charge in [0.25, 0.3) is 5.91 Å². The predicted molar refractivity (Wildman–Crippen MR) is 86.5 cm³/mol. The Morgan fingerprint density at radius 2 is 2.08 bits per heavy atom. The number of anilines is 2. The number of hydrogen-bond donors (Lipinski definition) is 3. The summed E-state index contributed by atoms with van der Waals surface area (Å²) in [6.07, 6.45) is 1.38. The molecule has 1 aromatic heterocycles. The van der Waals surface area contributed by atoms with Crippen LogP contribution in [0.4, 0.5) is 15.8 Å². The Kier molecular flexibility index (Phi) is 3.87. The van der Waals surface area contributed by atoms with Crippen molar-refractivity contribution in [3.05, 3.63) is 59.7 Å². The van der Waals surface area contributed by atoms with Crippen molar-refractivity contribution < 1.29 is 14.3 Å². The summed E-state index contributed by atoms with van der Waals surface area (Å²) < 4.78 is 14.4. The molecule has 0 fully saturated rings. The van der Waals surface area contributed by atoms with Crippen LogP contribution in [0.25, 0.3) is 5.69 Å². The van der Waals surface area contributed by atoms with Crippen LogP contribution in [0, 0.1) is 12.7 Å². The minimum absolute atomic E-state index is 0.0700. The smallest absolute Gasteiger partial charge is 0.277 e. The molecule has 4 N–H and O–H groups in total. The molecule has 8 heteroatoms. The van der Waals surface area contributed by atoms with Crippen molar-refractivity contribution in [2.45, 2.75) is 6.92 Å². The summed E-state index contributed by atoms with van der Waals surface area (Å²) in [6, 6.07) is 8.88. The predicted octanol–water partition coefficient (Wildman–Crippen LogP) is 2.25. The number of nitrogen functional groups attached to an aromatic ring is 1. The summed E-state index contributed by atoms with van der Waals surface area (Å²) in [5, 5.41) is 19.7. The lowest BCUT2D eigenvalue weighted by Gasteiger charge is -2.07. The van der Waals surface area contributed by atoms with Gasteiger partial charge in [0.15, 0.2) is 17.3 Å². The zero-order chi connectivity index (χ0) is 17.3. The first kappa shape index (κ1) is 15.5. The van der Waals surface area contributed by atoms with Gasteiger partial charge in [-0.15, -0.1) is 5.10 Å². The Morgan fingerprint density at radius 3 is 2.83 bits per heavy atom. The number of carbonyl (C=O) groups is 1. The van der Waals surface area contributed by atoms with Crippen molar-refractivity contribution in [1.82, 2.24) is 15.0 Å². The van der Waals surface area contributed by atoms with E-state index in [9.17, 15) is 14.3 Å². The number of halogens is 1. The number of nitrogens with zero attached hydrogens (tertiary/aromatic N) is 3. The molecule has 122 valence electrons. The zero-order valence-corrected chi connectivity index (χ0v) is 12.7. The minimum atomic E-state index is -0.742. The fourth-order valence-corrected chi connectivity index (χ4v) is 2.10. The molecule has 1 amide bonds. The second-order valence-corrected chi connectivity index (χ2v) is 5.21. The van der Waals surface area contributed by atoms with Crippen LogP contribution < -0.4 is 11.1 Å². The number of aryl methyl sites for hydroxylation is 1. The number of hydrogen-bond acceptors (Lipinski definition) is 5. The number of phenols is 1. The number of amides is 1. The molecule has 2 aromatic carbocycles. The van der Waals surface area contributed by atoms with Gasteiger partial charge in [0.1, 0.15) is 0 Å². The highest BCUT2D eigenvalue weighted by molar-refractivity contribution is 6.03. The Morgan fingerprint density at radius 1 is 1.29 bits per heavy atom. The highest BCUT2D eigenvalue weighted by Crippen LogP contribution is 2.20. The van der Waals surface area contributed by atoms with Crippen LogP contribution in [-0.4, -0.2) is 26.0 Å². The lowest BCUT2D eigenvalue weighted by Crippen LogP contribution is -2.13. The maximum Gasteiger partial charge on any atom is 0.277 e. The largest absolute Gasteiger partial charge is 0.505 e. The van der Waals surface area contributed by atoms with Crippen LogP contribution >= 0.6 is 0 Å². The lowest BCUT2D eigenvalue weighted by molar-refractivity contribution is 0.102. The van der Waals surface area contributed by atoms with Crippen molar-refractivity contribution in [3.8, 4) is 11.4 Å². The van der Waals surface area contributed by atoms with Gasteiger partial charge in [-0.2, -0.15) is 0 Å². The maximum absolute atomic E-state index is 13.1. The monoisotopic (exact) mass is 327 g/mol. The van der Waals surface area contributed by atoms with Gasteiger partial charge in [-0.3, -0.25) is 4.79 Å². The Balaban J connectivity index is 1.83. The molecule has 7 nitrogen and oxygen atoms in total. The van der Waals surface area contributed by atoms with Gasteiger partial charge >= 0.3 is 0 Å². The summed E-state index contributed by atoms with van der Waals surface area (Å²) in [7, 11) is 0. The highest BCUT2D eigenvalue weighted by atomic mass is 19.1. The molecule has 3 rings (SSSR count). The van der Waals surface area contributed by atoms with Crippen LogP contribution in [-0.2, 0) is 0 Å². The molecule has 0 aliphatic rings. The maximum atomic E-state index is 13.1. The first-order chi connectivity index (χ1) is 11.4. The Hall–Kier alpha value is -3.42. The van der Waals surface area contributed by atoms with Gasteiger partial charge in [0.2, 0.25) is 0 Å². The summed E-state index contributed by atoms with van der Waals surface area (Å²) >= 11 is 0. The standard InChI is InChI=1S/C16H14FN5O2/c1-9-2-3-10(18)6-13(9)19-16(24)14-8-22(21-20-14)11-4-5-12(17)15(23)7-11/h2-8,23H,18H2,1H3,(H,19,24). The van der Waals surface area contributed by atoms with Gasteiger partial charge < -0.3 is 16.2 Å². The van der Waals surface area contributed by atoms with E-state index in [-0.39, 0.29) is 5.69 Å². The highest BCUT2D eigenvalue weighted by Gasteiger charge is 2.14. The number of carbonyl (C=O) groups excluding carboxylic acids is 1. The fourth-order valence-electron chi connectivity index (χ4n) is 2.10. The van der Waals surface area contributed by atoms with Gasteiger partial charge in [0, 0.05) is 17.4 Å². The number of nitrogens with one attached hydrogen (secondary N) is 1. The normalized spacial score (nSPS) is 10.6. The third-order valence-electron chi connectivity index (χ3n) is 3.43. The number of rotatable bonds is 3. The summed E-state index contributed by atoms with van der Waals surface area (Å²) in [4.78, 5) is 12.3. The van der Waals surface area contributed by atoms with Crippen molar-refractivity contribution in [1.29, 1.82) is 0 Å². The topological polar surface area (TPSA) is 106 Å². The van der Waals surface area contributed by atoms with E-state index in [0.29, 0.717) is 17.1 Å². The molecule has 0 atom stereocenters. The molecular formula is C16H14FN5O2. The molecule has 0 aliphatic carbocycles. The van der Waals surface area contributed by atoms with Gasteiger partial charge in [-0.1, -0.05) is 11.3 Å². The first-order valence-corrected chi connectivity index (χ1v) is 7.03. The van der Waals surface area contributed by atoms with E-state index in [2.05, 4.69) is 15.6 Å². The van der Waals surface area contributed by atoms with Crippen molar-refractivity contribution >= 4 is 17.3 Å². The van der Waals surface area contributed by atoms with Crippen molar-refractivity contribution in [2.24, 2.45) is 0 Å². The van der Waals surface area contributed by atoms with Crippen LogP contribution in [0.3, 0.4) is 0 Å². The number of aromatic nitrogens is 3. The molecule has 0 aliphatic heterocycles. The molecule has 0 unspecified atom stereocenters. The van der Waals surface area contributed by atoms with Gasteiger partial charge in [0.05, 0.1) is 11.9 Å². The number of phenolic OH excluding ortho intramolecular Hbond substituents is 1. The number of aromatic hydroxyl groups is 1. The molecule has 0 saturated carbocycles. The third-order valence-corrected chi connectivity index (χ3v) is 3.43. The molecule has 0 spiro atoms. The Bertz CT molecular complexity index is 923. The summed E-state index contributed by atoms with van der Waals surface area (Å²) in [5.74, 6) is -1.71. The number of benzene rings is 2. The van der Waals surface area contributed by atoms with E-state index in [1.54, 1.807) is 18.2 Å². The molecule has 24 heavy (non-hydrogen) atoms. The quantitative estimate of drug-likeness (QED) is 0.640. The Labute approximate surface area is 136 Å². The molecule has 3 aromatic rings. The third kappa shape index (κ3) is 3.02. The average Bonchev–Trinajstić information content (AvgIpc) is 3.03. The average molecular weight is 327 g/mol. The molecular weight excluding hydrogens is 313 g/mol. The second-order valence-electron chi connectivity index (χ2n) is 5.21. The van der Waals surface area contributed by atoms with Gasteiger partial charge in [-0.05, 0) is 36.8 Å². The molecule has 0 bridgehead atoms. The molecule has 0 radical (unpaired) electrons. The van der Waals surface area contributed by atoms with E-state index < -0.39 is 17.5 Å². The van der Waals surface area contributed by atoms with E-state index in [4.69, 9.17) is 5.73 Å². The zero-order valence-electron chi connectivity index (χ0n) is 12.7. The van der Waals surface area contributed by atoms with Gasteiger partial charge in [-0.25, -0.2) is 9.07 Å². The van der Waals surface area contributed by atoms with E-state index in [1.807, 2.05) is 6.92 Å². The van der Waals surface area contributed by atoms with Crippen molar-refractivity contribution in [3.63, 3.8) is 0 Å². The second kappa shape index (κ2) is 5.99. The van der Waals surface area contributed by atoms with E-state index >= 15 is 0 Å². The lowest BCUT2D eigenvalue weighted by atomic mass is 10.2. The molecule has 0 saturated heterocycles. The first-order valence-electron chi connectivity index (χ1n) is 7.03. The number of nitrogens with two attached hydrogens (primary N) is 1. The van der Waals surface area contributed by atoms with E-state index in [1.165, 1.54) is 23.0 Å². The van der Waals surface area contributed by atoms with Crippen molar-refractivity contribution in [2.75, 3.05) is 11.1 Å². The molecule has 1 heterocycles.